The standard InChI is InChI=1S/C19H23NO4S/c1-19(2,3)16-10-8-14(9-11-16)13-24-18(21)15-6-5-7-17(12-15)25(22,23)20-4/h5-12,20H,13H2,1-4H3. The van der Waals surface area contributed by atoms with Crippen molar-refractivity contribution in [3.05, 3.63) is 65.2 Å². The van der Waals surface area contributed by atoms with Crippen molar-refractivity contribution in [1.82, 2.24) is 4.72 Å². The first-order valence-corrected chi connectivity index (χ1v) is 9.42. The van der Waals surface area contributed by atoms with Crippen molar-refractivity contribution in [1.29, 1.82) is 0 Å². The average molecular weight is 361 g/mol. The van der Waals surface area contributed by atoms with Gasteiger partial charge in [-0.3, -0.25) is 0 Å². The lowest BCUT2D eigenvalue weighted by molar-refractivity contribution is 0.0472. The van der Waals surface area contributed by atoms with Crippen molar-refractivity contribution < 1.29 is 17.9 Å². The van der Waals surface area contributed by atoms with E-state index in [-0.39, 0.29) is 22.5 Å². The van der Waals surface area contributed by atoms with Crippen molar-refractivity contribution in [3.63, 3.8) is 0 Å². The molecular weight excluding hydrogens is 338 g/mol. The van der Waals surface area contributed by atoms with Crippen LogP contribution in [-0.2, 0) is 26.8 Å². The first-order chi connectivity index (χ1) is 11.6. The molecule has 0 aromatic heterocycles. The van der Waals surface area contributed by atoms with Gasteiger partial charge in [-0.25, -0.2) is 17.9 Å². The Morgan fingerprint density at radius 1 is 1.08 bits per heavy atom. The number of sulfonamides is 1. The molecular formula is C19H23NO4S. The highest BCUT2D eigenvalue weighted by atomic mass is 32.2. The summed E-state index contributed by atoms with van der Waals surface area (Å²) in [6.07, 6.45) is 0. The van der Waals surface area contributed by atoms with E-state index in [0.29, 0.717) is 0 Å². The summed E-state index contributed by atoms with van der Waals surface area (Å²) in [6.45, 7) is 6.53. The number of benzene rings is 2. The molecule has 0 aliphatic carbocycles. The van der Waals surface area contributed by atoms with E-state index in [4.69, 9.17) is 4.74 Å². The van der Waals surface area contributed by atoms with Crippen LogP contribution in [0.15, 0.2) is 53.4 Å². The van der Waals surface area contributed by atoms with Gasteiger partial charge in [-0.15, -0.1) is 0 Å². The van der Waals surface area contributed by atoms with Crippen molar-refractivity contribution >= 4 is 16.0 Å². The third-order valence-electron chi connectivity index (χ3n) is 3.84. The Bertz CT molecular complexity index is 850. The van der Waals surface area contributed by atoms with E-state index >= 15 is 0 Å². The van der Waals surface area contributed by atoms with Gasteiger partial charge in [-0.2, -0.15) is 0 Å². The summed E-state index contributed by atoms with van der Waals surface area (Å²) >= 11 is 0. The molecule has 0 spiro atoms. The zero-order valence-electron chi connectivity index (χ0n) is 14.9. The summed E-state index contributed by atoms with van der Waals surface area (Å²) < 4.78 is 31.1. The van der Waals surface area contributed by atoms with E-state index in [1.54, 1.807) is 0 Å². The lowest BCUT2D eigenvalue weighted by atomic mass is 9.87. The summed E-state index contributed by atoms with van der Waals surface area (Å²) in [5, 5.41) is 0. The molecule has 5 nitrogen and oxygen atoms in total. The number of rotatable bonds is 5. The normalized spacial score (nSPS) is 12.0. The quantitative estimate of drug-likeness (QED) is 0.830. The van der Waals surface area contributed by atoms with Crippen LogP contribution in [0.3, 0.4) is 0 Å². The molecule has 0 atom stereocenters. The zero-order chi connectivity index (χ0) is 18.7. The fourth-order valence-corrected chi connectivity index (χ4v) is 3.02. The minimum Gasteiger partial charge on any atom is -0.457 e. The Morgan fingerprint density at radius 3 is 2.28 bits per heavy atom. The molecule has 0 aliphatic heterocycles. The second-order valence-electron chi connectivity index (χ2n) is 6.76. The smallest absolute Gasteiger partial charge is 0.338 e. The van der Waals surface area contributed by atoms with Gasteiger partial charge in [0.15, 0.2) is 0 Å². The number of hydrogen-bond donors (Lipinski definition) is 1. The van der Waals surface area contributed by atoms with E-state index < -0.39 is 16.0 Å². The van der Waals surface area contributed by atoms with Crippen LogP contribution in [0.4, 0.5) is 0 Å². The van der Waals surface area contributed by atoms with Gasteiger partial charge in [0.05, 0.1) is 10.5 Å². The van der Waals surface area contributed by atoms with Crippen molar-refractivity contribution in [2.75, 3.05) is 7.05 Å². The van der Waals surface area contributed by atoms with Gasteiger partial charge < -0.3 is 4.74 Å². The molecule has 0 amide bonds. The second-order valence-corrected chi connectivity index (χ2v) is 8.64. The minimum absolute atomic E-state index is 0.0268. The summed E-state index contributed by atoms with van der Waals surface area (Å²) in [6, 6.07) is 13.7. The molecule has 134 valence electrons. The van der Waals surface area contributed by atoms with E-state index in [1.165, 1.54) is 36.9 Å². The van der Waals surface area contributed by atoms with Crippen molar-refractivity contribution in [2.24, 2.45) is 0 Å². The number of carbonyl (C=O) groups is 1. The van der Waals surface area contributed by atoms with Crippen LogP contribution in [0.25, 0.3) is 0 Å². The molecule has 25 heavy (non-hydrogen) atoms. The van der Waals surface area contributed by atoms with Crippen LogP contribution in [0.2, 0.25) is 0 Å². The average Bonchev–Trinajstić information content (AvgIpc) is 2.59. The lowest BCUT2D eigenvalue weighted by Crippen LogP contribution is -2.19. The molecule has 0 fully saturated rings. The SMILES string of the molecule is CNS(=O)(=O)c1cccc(C(=O)OCc2ccc(C(C)(C)C)cc2)c1. The first kappa shape index (κ1) is 19.1. The molecule has 2 aromatic rings. The predicted molar refractivity (Wildman–Crippen MR) is 96.9 cm³/mol. The molecule has 0 saturated carbocycles. The highest BCUT2D eigenvalue weighted by Crippen LogP contribution is 2.22. The summed E-state index contributed by atoms with van der Waals surface area (Å²) in [4.78, 5) is 12.2. The molecule has 0 aliphatic rings. The van der Waals surface area contributed by atoms with Crippen LogP contribution >= 0.6 is 0 Å². The Balaban J connectivity index is 2.07. The Kier molecular flexibility index (Phi) is 5.65. The Labute approximate surface area is 149 Å². The number of esters is 1. The summed E-state index contributed by atoms with van der Waals surface area (Å²) in [5.41, 5.74) is 2.34. The monoisotopic (exact) mass is 361 g/mol. The van der Waals surface area contributed by atoms with Crippen LogP contribution in [-0.4, -0.2) is 21.4 Å². The molecule has 0 unspecified atom stereocenters. The van der Waals surface area contributed by atoms with Gasteiger partial charge in [-0.05, 0) is 41.8 Å². The second kappa shape index (κ2) is 7.37. The molecule has 2 aromatic carbocycles. The number of carbonyl (C=O) groups excluding carboxylic acids is 1. The molecule has 1 N–H and O–H groups in total. The van der Waals surface area contributed by atoms with Crippen LogP contribution in [0.1, 0.15) is 42.3 Å². The predicted octanol–water partition coefficient (Wildman–Crippen LogP) is 3.25. The van der Waals surface area contributed by atoms with Crippen molar-refractivity contribution in [3.8, 4) is 0 Å². The first-order valence-electron chi connectivity index (χ1n) is 7.93. The molecule has 2 rings (SSSR count). The third-order valence-corrected chi connectivity index (χ3v) is 5.25. The van der Waals surface area contributed by atoms with Gasteiger partial charge in [0.2, 0.25) is 10.0 Å². The third kappa shape index (κ3) is 4.90. The minimum atomic E-state index is -3.60. The van der Waals surface area contributed by atoms with Crippen molar-refractivity contribution in [2.45, 2.75) is 37.7 Å². The zero-order valence-corrected chi connectivity index (χ0v) is 15.7. The lowest BCUT2D eigenvalue weighted by Gasteiger charge is -2.19. The molecule has 0 bridgehead atoms. The fraction of sp³-hybridized carbons (Fsp3) is 0.316. The molecule has 0 heterocycles. The highest BCUT2D eigenvalue weighted by Gasteiger charge is 2.16. The van der Waals surface area contributed by atoms with Crippen LogP contribution in [0, 0.1) is 0 Å². The maximum Gasteiger partial charge on any atom is 0.338 e. The van der Waals surface area contributed by atoms with Crippen LogP contribution < -0.4 is 4.72 Å². The Morgan fingerprint density at radius 2 is 1.72 bits per heavy atom. The van der Waals surface area contributed by atoms with Gasteiger partial charge in [0.1, 0.15) is 6.61 Å². The maximum absolute atomic E-state index is 12.2. The van der Waals surface area contributed by atoms with Gasteiger partial charge >= 0.3 is 5.97 Å². The van der Waals surface area contributed by atoms with E-state index in [2.05, 4.69) is 25.5 Å². The molecule has 6 heteroatoms. The fourth-order valence-electron chi connectivity index (χ4n) is 2.24. The summed E-state index contributed by atoms with van der Waals surface area (Å²) in [5.74, 6) is -0.562. The summed E-state index contributed by atoms with van der Waals surface area (Å²) in [7, 11) is -2.28. The highest BCUT2D eigenvalue weighted by molar-refractivity contribution is 7.89. The number of ether oxygens (including phenoxy) is 1. The number of nitrogens with one attached hydrogen (secondary N) is 1. The number of hydrogen-bond acceptors (Lipinski definition) is 4. The largest absolute Gasteiger partial charge is 0.457 e. The topological polar surface area (TPSA) is 72.5 Å². The van der Waals surface area contributed by atoms with E-state index in [0.717, 1.165) is 5.56 Å². The van der Waals surface area contributed by atoms with Gasteiger partial charge in [0.25, 0.3) is 0 Å². The van der Waals surface area contributed by atoms with Crippen LogP contribution in [0.5, 0.6) is 0 Å². The molecule has 0 radical (unpaired) electrons. The maximum atomic E-state index is 12.2. The van der Waals surface area contributed by atoms with E-state index in [1.807, 2.05) is 24.3 Å². The molecule has 0 saturated heterocycles. The van der Waals surface area contributed by atoms with Gasteiger partial charge in [0, 0.05) is 0 Å². The van der Waals surface area contributed by atoms with E-state index in [9.17, 15) is 13.2 Å². The Hall–Kier alpha value is -2.18. The van der Waals surface area contributed by atoms with Gasteiger partial charge in [-0.1, -0.05) is 51.1 Å².